The van der Waals surface area contributed by atoms with Crippen LogP contribution in [0.4, 0.5) is 0 Å². The van der Waals surface area contributed by atoms with E-state index in [1.54, 1.807) is 14.0 Å². The number of hydrogen-bond donors (Lipinski definition) is 1. The van der Waals surface area contributed by atoms with Gasteiger partial charge in [0, 0.05) is 6.42 Å². The van der Waals surface area contributed by atoms with E-state index < -0.39 is 5.60 Å². The van der Waals surface area contributed by atoms with E-state index in [1.807, 2.05) is 13.8 Å². The summed E-state index contributed by atoms with van der Waals surface area (Å²) < 4.78 is 0. The van der Waals surface area contributed by atoms with Crippen LogP contribution in [-0.4, -0.2) is 30.9 Å². The molecule has 74 valence electrons. The third kappa shape index (κ3) is 2.48. The summed E-state index contributed by atoms with van der Waals surface area (Å²) in [4.78, 5) is 1.39. The number of aliphatic hydroxyl groups is 1. The minimum Gasteiger partial charge on any atom is -0.389 e. The normalized spacial score (nSPS) is 16.2. The van der Waals surface area contributed by atoms with Gasteiger partial charge in [-0.05, 0) is 18.1 Å². The summed E-state index contributed by atoms with van der Waals surface area (Å²) in [5.74, 6) is 0.762. The maximum absolute atomic E-state index is 9.94. The highest BCUT2D eigenvalue weighted by atomic mass is 16.3. The van der Waals surface area contributed by atoms with Gasteiger partial charge in [-0.3, -0.25) is 0 Å². The molecule has 1 unspecified atom stereocenters. The van der Waals surface area contributed by atoms with Crippen LogP contribution in [0.1, 0.15) is 26.6 Å². The Labute approximate surface area is 77.8 Å². The molecule has 0 aromatic carbocycles. The first-order chi connectivity index (χ1) is 5.92. The van der Waals surface area contributed by atoms with E-state index in [4.69, 9.17) is 0 Å². The van der Waals surface area contributed by atoms with E-state index in [1.165, 1.54) is 4.80 Å². The van der Waals surface area contributed by atoms with Gasteiger partial charge in [0.05, 0.1) is 12.6 Å². The number of nitrogens with zero attached hydrogens (tertiary/aromatic N) is 4. The lowest BCUT2D eigenvalue weighted by molar-refractivity contribution is 0.0121. The third-order valence-electron chi connectivity index (χ3n) is 2.31. The van der Waals surface area contributed by atoms with Crippen LogP contribution in [0.3, 0.4) is 0 Å². The van der Waals surface area contributed by atoms with Gasteiger partial charge in [-0.1, -0.05) is 13.8 Å². The van der Waals surface area contributed by atoms with Crippen molar-refractivity contribution in [1.29, 1.82) is 0 Å². The van der Waals surface area contributed by atoms with Crippen LogP contribution >= 0.6 is 0 Å². The first-order valence-electron chi connectivity index (χ1n) is 4.37. The zero-order valence-electron chi connectivity index (χ0n) is 8.52. The van der Waals surface area contributed by atoms with Crippen molar-refractivity contribution in [1.82, 2.24) is 20.2 Å². The fourth-order valence-corrected chi connectivity index (χ4v) is 0.918. The summed E-state index contributed by atoms with van der Waals surface area (Å²) in [7, 11) is 1.71. The molecule has 1 N–H and O–H groups in total. The molecular formula is C8H16N4O. The van der Waals surface area contributed by atoms with Crippen LogP contribution in [0.25, 0.3) is 0 Å². The third-order valence-corrected chi connectivity index (χ3v) is 2.31. The largest absolute Gasteiger partial charge is 0.389 e. The van der Waals surface area contributed by atoms with Crippen LogP contribution in [0.15, 0.2) is 0 Å². The second-order valence-electron chi connectivity index (χ2n) is 3.88. The van der Waals surface area contributed by atoms with Crippen molar-refractivity contribution < 1.29 is 5.11 Å². The molecular weight excluding hydrogens is 168 g/mol. The predicted octanol–water partition coefficient (Wildman–Crippen LogP) is 0.160. The van der Waals surface area contributed by atoms with Crippen molar-refractivity contribution in [3.8, 4) is 0 Å². The monoisotopic (exact) mass is 184 g/mol. The highest BCUT2D eigenvalue weighted by Gasteiger charge is 2.27. The van der Waals surface area contributed by atoms with E-state index >= 15 is 0 Å². The maximum atomic E-state index is 9.94. The molecule has 0 aliphatic rings. The van der Waals surface area contributed by atoms with Gasteiger partial charge in [0.2, 0.25) is 0 Å². The summed E-state index contributed by atoms with van der Waals surface area (Å²) in [6.45, 7) is 5.72. The Hall–Kier alpha value is -0.970. The SMILES string of the molecule is CC(C)C(C)(O)Cc1nnn(C)n1. The zero-order chi connectivity index (χ0) is 10.1. The zero-order valence-corrected chi connectivity index (χ0v) is 8.52. The van der Waals surface area contributed by atoms with Crippen molar-refractivity contribution >= 4 is 0 Å². The standard InChI is InChI=1S/C8H16N4O/c1-6(2)8(3,13)5-7-9-11-12(4)10-7/h6,13H,5H2,1-4H3. The fraction of sp³-hybridized carbons (Fsp3) is 0.875. The van der Waals surface area contributed by atoms with Gasteiger partial charge in [-0.15, -0.1) is 10.2 Å². The molecule has 1 aromatic heterocycles. The minimum absolute atomic E-state index is 0.177. The fourth-order valence-electron chi connectivity index (χ4n) is 0.918. The highest BCUT2D eigenvalue weighted by Crippen LogP contribution is 2.19. The molecule has 1 rings (SSSR count). The molecule has 0 radical (unpaired) electrons. The van der Waals surface area contributed by atoms with Gasteiger partial charge in [0.25, 0.3) is 0 Å². The second-order valence-corrected chi connectivity index (χ2v) is 3.88. The molecule has 0 saturated heterocycles. The van der Waals surface area contributed by atoms with Gasteiger partial charge < -0.3 is 5.11 Å². The maximum Gasteiger partial charge on any atom is 0.177 e. The topological polar surface area (TPSA) is 63.8 Å². The Bertz CT molecular complexity index is 279. The Morgan fingerprint density at radius 1 is 1.54 bits per heavy atom. The van der Waals surface area contributed by atoms with Gasteiger partial charge in [0.1, 0.15) is 0 Å². The molecule has 0 aliphatic heterocycles. The van der Waals surface area contributed by atoms with E-state index in [9.17, 15) is 5.11 Å². The number of tetrazole rings is 1. The Kier molecular flexibility index (Phi) is 2.66. The summed E-state index contributed by atoms with van der Waals surface area (Å²) in [6.07, 6.45) is 0.443. The predicted molar refractivity (Wildman–Crippen MR) is 48.0 cm³/mol. The van der Waals surface area contributed by atoms with Crippen molar-refractivity contribution in [2.24, 2.45) is 13.0 Å². The molecule has 5 nitrogen and oxygen atoms in total. The molecule has 1 atom stereocenters. The molecule has 0 aliphatic carbocycles. The first kappa shape index (κ1) is 10.1. The minimum atomic E-state index is -0.761. The molecule has 5 heteroatoms. The second kappa shape index (κ2) is 3.41. The summed E-state index contributed by atoms with van der Waals surface area (Å²) in [5.41, 5.74) is -0.761. The van der Waals surface area contributed by atoms with Crippen molar-refractivity contribution in [2.45, 2.75) is 32.8 Å². The highest BCUT2D eigenvalue weighted by molar-refractivity contribution is 4.89. The van der Waals surface area contributed by atoms with E-state index in [-0.39, 0.29) is 5.92 Å². The first-order valence-corrected chi connectivity index (χ1v) is 4.37. The Morgan fingerprint density at radius 2 is 2.15 bits per heavy atom. The van der Waals surface area contributed by atoms with Crippen molar-refractivity contribution in [3.05, 3.63) is 5.82 Å². The molecule has 0 saturated carbocycles. The Balaban J connectivity index is 2.68. The lowest BCUT2D eigenvalue weighted by Crippen LogP contribution is -2.34. The molecule has 0 fully saturated rings. The van der Waals surface area contributed by atoms with Crippen molar-refractivity contribution in [3.63, 3.8) is 0 Å². The van der Waals surface area contributed by atoms with Crippen LogP contribution in [0.5, 0.6) is 0 Å². The smallest absolute Gasteiger partial charge is 0.177 e. The van der Waals surface area contributed by atoms with Gasteiger partial charge in [0.15, 0.2) is 5.82 Å². The lowest BCUT2D eigenvalue weighted by atomic mass is 9.89. The molecule has 13 heavy (non-hydrogen) atoms. The molecule has 0 amide bonds. The van der Waals surface area contributed by atoms with Gasteiger partial charge in [-0.2, -0.15) is 4.80 Å². The summed E-state index contributed by atoms with van der Waals surface area (Å²) in [6, 6.07) is 0. The summed E-state index contributed by atoms with van der Waals surface area (Å²) in [5, 5.41) is 21.5. The van der Waals surface area contributed by atoms with Gasteiger partial charge >= 0.3 is 0 Å². The number of hydrogen-bond acceptors (Lipinski definition) is 4. The van der Waals surface area contributed by atoms with Gasteiger partial charge in [-0.25, -0.2) is 0 Å². The van der Waals surface area contributed by atoms with E-state index in [0.29, 0.717) is 12.2 Å². The van der Waals surface area contributed by atoms with Crippen LogP contribution in [0.2, 0.25) is 0 Å². The van der Waals surface area contributed by atoms with E-state index in [0.717, 1.165) is 0 Å². The lowest BCUT2D eigenvalue weighted by Gasteiger charge is -2.25. The Morgan fingerprint density at radius 3 is 2.54 bits per heavy atom. The molecule has 1 heterocycles. The summed E-state index contributed by atoms with van der Waals surface area (Å²) >= 11 is 0. The van der Waals surface area contributed by atoms with Crippen LogP contribution in [0, 0.1) is 5.92 Å². The molecule has 0 spiro atoms. The number of aryl methyl sites for hydroxylation is 1. The average molecular weight is 184 g/mol. The molecule has 0 bridgehead atoms. The van der Waals surface area contributed by atoms with Crippen molar-refractivity contribution in [2.75, 3.05) is 0 Å². The van der Waals surface area contributed by atoms with Crippen LogP contribution < -0.4 is 0 Å². The quantitative estimate of drug-likeness (QED) is 0.726. The average Bonchev–Trinajstić information content (AvgIpc) is 2.34. The van der Waals surface area contributed by atoms with Crippen LogP contribution in [-0.2, 0) is 13.5 Å². The van der Waals surface area contributed by atoms with E-state index in [2.05, 4.69) is 15.4 Å². The molecule has 1 aromatic rings. The number of rotatable bonds is 3. The number of aromatic nitrogens is 4.